The third-order valence-corrected chi connectivity index (χ3v) is 5.42. The van der Waals surface area contributed by atoms with Crippen molar-refractivity contribution < 1.29 is 4.79 Å². The van der Waals surface area contributed by atoms with Gasteiger partial charge in [0.1, 0.15) is 17.2 Å². The highest BCUT2D eigenvalue weighted by molar-refractivity contribution is 6.07. The summed E-state index contributed by atoms with van der Waals surface area (Å²) in [6, 6.07) is 14.1. The van der Waals surface area contributed by atoms with Gasteiger partial charge in [-0.2, -0.15) is 9.61 Å². The van der Waals surface area contributed by atoms with Crippen molar-refractivity contribution in [3.8, 4) is 11.3 Å². The summed E-state index contributed by atoms with van der Waals surface area (Å²) in [6.45, 7) is 3.34. The number of nitrogens with zero attached hydrogens (tertiary/aromatic N) is 5. The summed E-state index contributed by atoms with van der Waals surface area (Å²) in [5.41, 5.74) is 2.22. The van der Waals surface area contributed by atoms with Crippen LogP contribution in [0.5, 0.6) is 0 Å². The molecule has 5 rings (SSSR count). The molecule has 0 bridgehead atoms. The molecule has 0 saturated carbocycles. The first-order valence-corrected chi connectivity index (χ1v) is 9.18. The van der Waals surface area contributed by atoms with Crippen LogP contribution in [-0.2, 0) is 4.79 Å². The highest BCUT2D eigenvalue weighted by Gasteiger charge is 2.45. The Labute approximate surface area is 156 Å². The van der Waals surface area contributed by atoms with Crippen LogP contribution in [0.25, 0.3) is 16.9 Å². The molecule has 1 amide bonds. The SMILES string of the molecule is CC1=NC2(CCN(c3cc(-c4ccccc4)nc4ccnn34)CC2)C(=O)N1. The molecule has 27 heavy (non-hydrogen) atoms. The van der Waals surface area contributed by atoms with Crippen molar-refractivity contribution in [2.45, 2.75) is 25.3 Å². The standard InChI is InChI=1S/C20H20N6O/c1-14-22-19(27)20(24-14)8-11-25(12-9-20)18-13-16(15-5-3-2-4-6-15)23-17-7-10-21-26(17)18/h2-7,10,13H,8-9,11-12H2,1H3,(H,22,24,27). The summed E-state index contributed by atoms with van der Waals surface area (Å²) in [5, 5.41) is 7.30. The Kier molecular flexibility index (Phi) is 3.50. The minimum atomic E-state index is -0.598. The Morgan fingerprint density at radius 2 is 1.89 bits per heavy atom. The summed E-state index contributed by atoms with van der Waals surface area (Å²) in [5.74, 6) is 1.75. The minimum absolute atomic E-state index is 0.0311. The van der Waals surface area contributed by atoms with Crippen LogP contribution >= 0.6 is 0 Å². The number of amidine groups is 1. The second-order valence-corrected chi connectivity index (χ2v) is 7.14. The van der Waals surface area contributed by atoms with E-state index >= 15 is 0 Å². The zero-order valence-corrected chi connectivity index (χ0v) is 15.1. The molecule has 2 aliphatic heterocycles. The van der Waals surface area contributed by atoms with Crippen LogP contribution in [0.15, 0.2) is 53.7 Å². The number of amides is 1. The number of aromatic nitrogens is 3. The van der Waals surface area contributed by atoms with Crippen LogP contribution in [0.4, 0.5) is 5.82 Å². The number of hydrogen-bond donors (Lipinski definition) is 1. The Bertz CT molecular complexity index is 1050. The van der Waals surface area contributed by atoms with Crippen LogP contribution in [0.2, 0.25) is 0 Å². The van der Waals surface area contributed by atoms with Crippen LogP contribution in [0, 0.1) is 0 Å². The van der Waals surface area contributed by atoms with E-state index < -0.39 is 5.54 Å². The lowest BCUT2D eigenvalue weighted by Crippen LogP contribution is -2.49. The number of anilines is 1. The van der Waals surface area contributed by atoms with E-state index in [1.165, 1.54) is 0 Å². The van der Waals surface area contributed by atoms with Gasteiger partial charge >= 0.3 is 0 Å². The Balaban J connectivity index is 1.50. The predicted molar refractivity (Wildman–Crippen MR) is 104 cm³/mol. The molecule has 7 nitrogen and oxygen atoms in total. The van der Waals surface area contributed by atoms with Gasteiger partial charge in [-0.25, -0.2) is 4.98 Å². The Morgan fingerprint density at radius 3 is 2.59 bits per heavy atom. The highest BCUT2D eigenvalue weighted by Crippen LogP contribution is 2.33. The van der Waals surface area contributed by atoms with Crippen molar-refractivity contribution in [3.05, 3.63) is 48.7 Å². The van der Waals surface area contributed by atoms with Crippen molar-refractivity contribution in [1.82, 2.24) is 19.9 Å². The summed E-state index contributed by atoms with van der Waals surface area (Å²) in [4.78, 5) is 24.0. The van der Waals surface area contributed by atoms with Gasteiger partial charge in [0.25, 0.3) is 5.91 Å². The maximum atomic E-state index is 12.3. The van der Waals surface area contributed by atoms with E-state index in [2.05, 4.69) is 38.5 Å². The van der Waals surface area contributed by atoms with Gasteiger partial charge in [-0.3, -0.25) is 9.79 Å². The number of hydrogen-bond acceptors (Lipinski definition) is 5. The van der Waals surface area contributed by atoms with E-state index in [0.29, 0.717) is 12.8 Å². The molecular weight excluding hydrogens is 340 g/mol. The molecule has 1 fully saturated rings. The first-order chi connectivity index (χ1) is 13.1. The lowest BCUT2D eigenvalue weighted by molar-refractivity contribution is -0.124. The fraction of sp³-hybridized carbons (Fsp3) is 0.300. The second kappa shape index (κ2) is 5.90. The van der Waals surface area contributed by atoms with E-state index in [-0.39, 0.29) is 5.91 Å². The maximum absolute atomic E-state index is 12.3. The molecular formula is C20H20N6O. The van der Waals surface area contributed by atoms with Crippen LogP contribution in [-0.4, -0.2) is 45.0 Å². The molecule has 2 aromatic heterocycles. The molecule has 136 valence electrons. The number of nitrogens with one attached hydrogen (secondary N) is 1. The molecule has 3 aromatic rings. The molecule has 2 aliphatic rings. The quantitative estimate of drug-likeness (QED) is 0.761. The minimum Gasteiger partial charge on any atom is -0.356 e. The van der Waals surface area contributed by atoms with Crippen molar-refractivity contribution in [2.24, 2.45) is 4.99 Å². The number of benzene rings is 1. The third-order valence-electron chi connectivity index (χ3n) is 5.42. The molecule has 1 aromatic carbocycles. The van der Waals surface area contributed by atoms with Gasteiger partial charge in [0, 0.05) is 30.8 Å². The third kappa shape index (κ3) is 2.58. The first-order valence-electron chi connectivity index (χ1n) is 9.18. The van der Waals surface area contributed by atoms with Crippen molar-refractivity contribution in [1.29, 1.82) is 0 Å². The molecule has 0 aliphatic carbocycles. The van der Waals surface area contributed by atoms with Gasteiger partial charge in [0.2, 0.25) is 0 Å². The summed E-state index contributed by atoms with van der Waals surface area (Å²) in [7, 11) is 0. The predicted octanol–water partition coefficient (Wildman–Crippen LogP) is 2.28. The van der Waals surface area contributed by atoms with E-state index in [0.717, 1.165) is 41.6 Å². The van der Waals surface area contributed by atoms with Crippen molar-refractivity contribution >= 4 is 23.2 Å². The van der Waals surface area contributed by atoms with Gasteiger partial charge < -0.3 is 10.2 Å². The maximum Gasteiger partial charge on any atom is 0.253 e. The average Bonchev–Trinajstić information content (AvgIpc) is 3.27. The fourth-order valence-corrected chi connectivity index (χ4v) is 4.00. The number of rotatable bonds is 2. The summed E-state index contributed by atoms with van der Waals surface area (Å²) < 4.78 is 1.87. The monoisotopic (exact) mass is 360 g/mol. The van der Waals surface area contributed by atoms with E-state index in [4.69, 9.17) is 4.98 Å². The average molecular weight is 360 g/mol. The van der Waals surface area contributed by atoms with Gasteiger partial charge in [-0.1, -0.05) is 30.3 Å². The Morgan fingerprint density at radius 1 is 1.11 bits per heavy atom. The first kappa shape index (κ1) is 16.0. The number of fused-ring (bicyclic) bond motifs is 1. The van der Waals surface area contributed by atoms with Crippen LogP contribution in [0.1, 0.15) is 19.8 Å². The van der Waals surface area contributed by atoms with Crippen LogP contribution in [0.3, 0.4) is 0 Å². The largest absolute Gasteiger partial charge is 0.356 e. The fourth-order valence-electron chi connectivity index (χ4n) is 4.00. The van der Waals surface area contributed by atoms with Crippen molar-refractivity contribution in [2.75, 3.05) is 18.0 Å². The molecule has 4 heterocycles. The van der Waals surface area contributed by atoms with Gasteiger partial charge in [-0.05, 0) is 19.8 Å². The molecule has 1 spiro atoms. The number of carbonyl (C=O) groups is 1. The zero-order chi connectivity index (χ0) is 18.4. The molecule has 0 atom stereocenters. The van der Waals surface area contributed by atoms with Gasteiger partial charge in [-0.15, -0.1) is 0 Å². The lowest BCUT2D eigenvalue weighted by atomic mass is 9.88. The van der Waals surface area contributed by atoms with Gasteiger partial charge in [0.15, 0.2) is 5.65 Å². The molecule has 0 unspecified atom stereocenters. The van der Waals surface area contributed by atoms with E-state index in [1.807, 2.05) is 35.7 Å². The second-order valence-electron chi connectivity index (χ2n) is 7.14. The summed E-state index contributed by atoms with van der Waals surface area (Å²) >= 11 is 0. The van der Waals surface area contributed by atoms with Crippen molar-refractivity contribution in [3.63, 3.8) is 0 Å². The van der Waals surface area contributed by atoms with E-state index in [1.54, 1.807) is 6.20 Å². The number of piperidine rings is 1. The highest BCUT2D eigenvalue weighted by atomic mass is 16.2. The van der Waals surface area contributed by atoms with E-state index in [9.17, 15) is 4.79 Å². The molecule has 1 N–H and O–H groups in total. The Hall–Kier alpha value is -3.22. The van der Waals surface area contributed by atoms with Gasteiger partial charge in [0.05, 0.1) is 11.9 Å². The normalized spacial score (nSPS) is 18.8. The number of aliphatic imine (C=N–C) groups is 1. The number of carbonyl (C=O) groups excluding carboxylic acids is 1. The lowest BCUT2D eigenvalue weighted by Gasteiger charge is -2.36. The molecule has 7 heteroatoms. The molecule has 0 radical (unpaired) electrons. The molecule has 1 saturated heterocycles. The summed E-state index contributed by atoms with van der Waals surface area (Å²) in [6.07, 6.45) is 3.16. The van der Waals surface area contributed by atoms with Crippen LogP contribution < -0.4 is 10.2 Å². The smallest absolute Gasteiger partial charge is 0.253 e. The topological polar surface area (TPSA) is 74.9 Å². The zero-order valence-electron chi connectivity index (χ0n) is 15.1.